The Hall–Kier alpha value is 2.02. The van der Waals surface area contributed by atoms with Gasteiger partial charge >= 0.3 is 123 Å². The second kappa shape index (κ2) is 24.3. The monoisotopic (exact) mass is 757 g/mol. The molecule has 0 aromatic rings. The SMILES string of the molecule is [Cu+2].[Li+].[O]=[Ta](=[O])[O-].[O]=[Ta](=[O])[O-].[O]=[Ta](=[O])[O-]. The van der Waals surface area contributed by atoms with Gasteiger partial charge in [-0.25, -0.2) is 0 Å². The molecule has 0 heterocycles. The van der Waals surface area contributed by atoms with E-state index in [1.165, 1.54) is 0 Å². The average Bonchev–Trinajstić information content (AvgIpc) is 1.54. The molecule has 0 saturated carbocycles. The standard InChI is InChI=1S/Cu.Li.9O.3Ta/q+2;+1;;;;;;;3*-1;;;. The summed E-state index contributed by atoms with van der Waals surface area (Å²) in [7, 11) is 0. The van der Waals surface area contributed by atoms with E-state index in [-0.39, 0.29) is 35.9 Å². The summed E-state index contributed by atoms with van der Waals surface area (Å²) in [6, 6.07) is 0. The number of hydrogen-bond acceptors (Lipinski definition) is 9. The van der Waals surface area contributed by atoms with Crippen molar-refractivity contribution in [2.24, 2.45) is 0 Å². The van der Waals surface area contributed by atoms with Gasteiger partial charge < -0.3 is 0 Å². The molecule has 81 valence electrons. The number of hydrogen-bond donors (Lipinski definition) is 0. The normalized spacial score (nSPS) is 5.36. The summed E-state index contributed by atoms with van der Waals surface area (Å²) in [5.41, 5.74) is 0. The molecule has 0 aliphatic carbocycles. The van der Waals surface area contributed by atoms with E-state index in [1.54, 1.807) is 0 Å². The first-order chi connectivity index (χ1) is 5.20. The molecule has 0 atom stereocenters. The van der Waals surface area contributed by atoms with E-state index >= 15 is 0 Å². The summed E-state index contributed by atoms with van der Waals surface area (Å²) >= 11 is -13.0. The second-order valence-electron chi connectivity index (χ2n) is 0.671. The zero-order chi connectivity index (χ0) is 10.7. The fraction of sp³-hybridized carbons (Fsp3) is 0. The van der Waals surface area contributed by atoms with Crippen molar-refractivity contribution in [1.82, 2.24) is 0 Å². The van der Waals surface area contributed by atoms with E-state index in [1.807, 2.05) is 0 Å². The van der Waals surface area contributed by atoms with Crippen molar-refractivity contribution in [3.8, 4) is 0 Å². The third-order valence-electron chi connectivity index (χ3n) is 0. The molecule has 0 saturated heterocycles. The molecule has 0 aliphatic rings. The van der Waals surface area contributed by atoms with Gasteiger partial charge in [-0.05, 0) is 0 Å². The molecule has 0 fully saturated rings. The molecule has 0 bridgehead atoms. The van der Waals surface area contributed by atoms with Gasteiger partial charge in [0.05, 0.1) is 0 Å². The Morgan fingerprint density at radius 2 is 0.571 bits per heavy atom. The Morgan fingerprint density at radius 1 is 0.571 bits per heavy atom. The van der Waals surface area contributed by atoms with Gasteiger partial charge in [0.1, 0.15) is 0 Å². The van der Waals surface area contributed by atoms with E-state index in [2.05, 4.69) is 0 Å². The van der Waals surface area contributed by atoms with Crippen LogP contribution in [0.5, 0.6) is 0 Å². The third-order valence-corrected chi connectivity index (χ3v) is 0. The van der Waals surface area contributed by atoms with Crippen molar-refractivity contribution < 1.29 is 123 Å². The predicted molar refractivity (Wildman–Crippen MR) is 4.12 cm³/mol. The van der Waals surface area contributed by atoms with Gasteiger partial charge in [-0.15, -0.1) is 0 Å². The van der Waals surface area contributed by atoms with Crippen molar-refractivity contribution in [3.63, 3.8) is 0 Å². The Balaban J connectivity index is -0.0000000270. The van der Waals surface area contributed by atoms with Crippen molar-refractivity contribution in [2.75, 3.05) is 0 Å². The molecule has 1 radical (unpaired) electrons. The van der Waals surface area contributed by atoms with Gasteiger partial charge in [0.15, 0.2) is 0 Å². The average molecular weight is 757 g/mol. The van der Waals surface area contributed by atoms with Crippen LogP contribution >= 0.6 is 0 Å². The molecule has 14 heteroatoms. The maximum absolute atomic E-state index is 8.62. The molecule has 0 aliphatic heterocycles. The van der Waals surface area contributed by atoms with Crippen molar-refractivity contribution >= 4 is 0 Å². The van der Waals surface area contributed by atoms with Crippen LogP contribution in [0.2, 0.25) is 0 Å². The second-order valence-corrected chi connectivity index (χ2v) is 5.49. The summed E-state index contributed by atoms with van der Waals surface area (Å²) < 4.78 is 77.6. The summed E-state index contributed by atoms with van der Waals surface area (Å²) in [5.74, 6) is 0. The first-order valence-electron chi connectivity index (χ1n) is 1.64. The summed E-state index contributed by atoms with van der Waals surface area (Å²) in [5, 5.41) is 0. The van der Waals surface area contributed by atoms with Gasteiger partial charge in [0.2, 0.25) is 0 Å². The quantitative estimate of drug-likeness (QED) is 0.218. The van der Waals surface area contributed by atoms with Crippen LogP contribution in [0.15, 0.2) is 0 Å². The van der Waals surface area contributed by atoms with E-state index in [0.717, 1.165) is 0 Å². The van der Waals surface area contributed by atoms with Crippen molar-refractivity contribution in [2.45, 2.75) is 0 Å². The molecule has 0 rings (SSSR count). The Morgan fingerprint density at radius 3 is 0.571 bits per heavy atom. The Kier molecular flexibility index (Phi) is 51.7. The van der Waals surface area contributed by atoms with Crippen LogP contribution in [0, 0.1) is 0 Å². The van der Waals surface area contributed by atoms with Crippen LogP contribution < -0.4 is 29.7 Å². The molecule has 0 aromatic heterocycles. The van der Waals surface area contributed by atoms with Gasteiger partial charge in [-0.3, -0.25) is 0 Å². The summed E-state index contributed by atoms with van der Waals surface area (Å²) in [6.07, 6.45) is 0. The summed E-state index contributed by atoms with van der Waals surface area (Å²) in [6.45, 7) is 0. The molecule has 0 N–H and O–H groups in total. The molecule has 9 nitrogen and oxygen atoms in total. The maximum atomic E-state index is 8.62. The Labute approximate surface area is 121 Å². The molecule has 0 amide bonds. The Bertz CT molecular complexity index is 213. The van der Waals surface area contributed by atoms with Crippen LogP contribution in [-0.4, -0.2) is 0 Å². The van der Waals surface area contributed by atoms with Crippen LogP contribution in [0.25, 0.3) is 0 Å². The molecule has 0 spiro atoms. The zero-order valence-electron chi connectivity index (χ0n) is 6.32. The topological polar surface area (TPSA) is 172 Å². The van der Waals surface area contributed by atoms with Crippen LogP contribution in [-0.2, 0) is 92.9 Å². The van der Waals surface area contributed by atoms with Crippen LogP contribution in [0.4, 0.5) is 0 Å². The van der Waals surface area contributed by atoms with Crippen LogP contribution in [0.3, 0.4) is 0 Å². The fourth-order valence-electron chi connectivity index (χ4n) is 0. The van der Waals surface area contributed by atoms with Gasteiger partial charge in [-0.1, -0.05) is 0 Å². The van der Waals surface area contributed by atoms with Crippen molar-refractivity contribution in [3.05, 3.63) is 0 Å². The van der Waals surface area contributed by atoms with Gasteiger partial charge in [-0.2, -0.15) is 0 Å². The van der Waals surface area contributed by atoms with Crippen molar-refractivity contribution in [1.29, 1.82) is 0 Å². The summed E-state index contributed by atoms with van der Waals surface area (Å²) in [4.78, 5) is 0. The molecule has 0 unspecified atom stereocenters. The van der Waals surface area contributed by atoms with Crippen LogP contribution in [0.1, 0.15) is 0 Å². The third kappa shape index (κ3) is 584. The van der Waals surface area contributed by atoms with Gasteiger partial charge in [0, 0.05) is 0 Å². The van der Waals surface area contributed by atoms with E-state index in [4.69, 9.17) is 30.3 Å². The first-order valence-corrected chi connectivity index (χ1v) is 13.4. The predicted octanol–water partition coefficient (Wildman–Crippen LogP) is -7.29. The van der Waals surface area contributed by atoms with Gasteiger partial charge in [0.25, 0.3) is 0 Å². The first kappa shape index (κ1) is 29.8. The molecular formula is CuLiO9Ta3. The fourth-order valence-corrected chi connectivity index (χ4v) is 0. The molecule has 0 aromatic carbocycles. The zero-order valence-corrected chi connectivity index (χ0v) is 16.9. The van der Waals surface area contributed by atoms with E-state index < -0.39 is 56.4 Å². The minimum atomic E-state index is -4.34. The van der Waals surface area contributed by atoms with E-state index in [0.29, 0.717) is 0 Å². The van der Waals surface area contributed by atoms with E-state index in [9.17, 15) is 0 Å². The molecule has 14 heavy (non-hydrogen) atoms. The molecular weight excluding hydrogens is 757 g/mol. The number of rotatable bonds is 0. The minimum absolute atomic E-state index is 0.